The van der Waals surface area contributed by atoms with Crippen LogP contribution >= 0.6 is 0 Å². The summed E-state index contributed by atoms with van der Waals surface area (Å²) < 4.78 is 40.4. The van der Waals surface area contributed by atoms with Gasteiger partial charge in [-0.3, -0.25) is 4.79 Å². The first kappa shape index (κ1) is 17.1. The number of carbonyl (C=O) groups excluding carboxylic acids is 2. The molecule has 1 atom stereocenters. The van der Waals surface area contributed by atoms with Crippen LogP contribution in [0.2, 0.25) is 0 Å². The Morgan fingerprint density at radius 2 is 1.91 bits per heavy atom. The molecule has 0 unspecified atom stereocenters. The molecule has 126 valence electrons. The van der Waals surface area contributed by atoms with Gasteiger partial charge in [-0.25, -0.2) is 4.79 Å². The van der Waals surface area contributed by atoms with Crippen molar-refractivity contribution in [1.82, 2.24) is 16.0 Å². The van der Waals surface area contributed by atoms with E-state index in [0.717, 1.165) is 5.56 Å². The SMILES string of the molecule is O=C1NC[C@@H](C(=O)NCc2ccc(COCC(F)(F)F)cc2)N1. The lowest BCUT2D eigenvalue weighted by atomic mass is 10.1. The third kappa shape index (κ3) is 5.78. The summed E-state index contributed by atoms with van der Waals surface area (Å²) in [5.74, 6) is -0.305. The van der Waals surface area contributed by atoms with Crippen LogP contribution in [0.25, 0.3) is 0 Å². The molecule has 1 aromatic rings. The van der Waals surface area contributed by atoms with Gasteiger partial charge in [-0.1, -0.05) is 24.3 Å². The van der Waals surface area contributed by atoms with Gasteiger partial charge in [0.15, 0.2) is 0 Å². The summed E-state index contributed by atoms with van der Waals surface area (Å²) in [6, 6.07) is 5.68. The van der Waals surface area contributed by atoms with Crippen LogP contribution in [-0.2, 0) is 22.7 Å². The second kappa shape index (κ2) is 7.32. The molecule has 0 bridgehead atoms. The predicted molar refractivity (Wildman–Crippen MR) is 74.3 cm³/mol. The van der Waals surface area contributed by atoms with Crippen LogP contribution in [0.3, 0.4) is 0 Å². The van der Waals surface area contributed by atoms with Crippen LogP contribution in [0.1, 0.15) is 11.1 Å². The van der Waals surface area contributed by atoms with Crippen molar-refractivity contribution in [3.05, 3.63) is 35.4 Å². The minimum atomic E-state index is -4.34. The zero-order chi connectivity index (χ0) is 16.9. The molecule has 0 radical (unpaired) electrons. The second-order valence-corrected chi connectivity index (χ2v) is 5.05. The molecule has 1 saturated heterocycles. The maximum atomic E-state index is 12.0. The first-order valence-corrected chi connectivity index (χ1v) is 6.88. The number of carbonyl (C=O) groups is 2. The highest BCUT2D eigenvalue weighted by Gasteiger charge is 2.27. The van der Waals surface area contributed by atoms with Gasteiger partial charge in [0.25, 0.3) is 0 Å². The maximum Gasteiger partial charge on any atom is 0.411 e. The van der Waals surface area contributed by atoms with E-state index in [2.05, 4.69) is 20.7 Å². The van der Waals surface area contributed by atoms with Gasteiger partial charge in [0, 0.05) is 13.1 Å². The molecule has 9 heteroatoms. The summed E-state index contributed by atoms with van der Waals surface area (Å²) in [6.45, 7) is -0.924. The third-order valence-electron chi connectivity index (χ3n) is 3.11. The van der Waals surface area contributed by atoms with E-state index < -0.39 is 18.8 Å². The summed E-state index contributed by atoms with van der Waals surface area (Å²) in [7, 11) is 0. The van der Waals surface area contributed by atoms with Crippen LogP contribution < -0.4 is 16.0 Å². The number of ether oxygens (including phenoxy) is 1. The van der Waals surface area contributed by atoms with Crippen LogP contribution in [-0.4, -0.2) is 37.3 Å². The molecule has 0 saturated carbocycles. The Kier molecular flexibility index (Phi) is 5.43. The monoisotopic (exact) mass is 331 g/mol. The molecule has 1 heterocycles. The largest absolute Gasteiger partial charge is 0.411 e. The number of hydrogen-bond donors (Lipinski definition) is 3. The van der Waals surface area contributed by atoms with Crippen molar-refractivity contribution in [3.63, 3.8) is 0 Å². The van der Waals surface area contributed by atoms with E-state index in [1.807, 2.05) is 0 Å². The van der Waals surface area contributed by atoms with E-state index in [0.29, 0.717) is 5.56 Å². The van der Waals surface area contributed by atoms with Gasteiger partial charge in [0.2, 0.25) is 5.91 Å². The number of alkyl halides is 3. The number of rotatable bonds is 6. The number of hydrogen-bond acceptors (Lipinski definition) is 3. The van der Waals surface area contributed by atoms with Gasteiger partial charge in [0.05, 0.1) is 6.61 Å². The van der Waals surface area contributed by atoms with Gasteiger partial charge >= 0.3 is 12.2 Å². The fourth-order valence-corrected chi connectivity index (χ4v) is 1.96. The summed E-state index contributed by atoms with van der Waals surface area (Å²) in [5.41, 5.74) is 1.40. The molecule has 2 rings (SSSR count). The van der Waals surface area contributed by atoms with Gasteiger partial charge in [-0.2, -0.15) is 13.2 Å². The lowest BCUT2D eigenvalue weighted by Gasteiger charge is -2.11. The first-order chi connectivity index (χ1) is 10.8. The Balaban J connectivity index is 1.74. The number of halogens is 3. The smallest absolute Gasteiger partial charge is 0.367 e. The minimum Gasteiger partial charge on any atom is -0.367 e. The van der Waals surface area contributed by atoms with Crippen molar-refractivity contribution in [1.29, 1.82) is 0 Å². The highest BCUT2D eigenvalue weighted by molar-refractivity contribution is 5.90. The van der Waals surface area contributed by atoms with Crippen molar-refractivity contribution in [3.8, 4) is 0 Å². The molecule has 0 aliphatic carbocycles. The normalized spacial score (nSPS) is 17.5. The lowest BCUT2D eigenvalue weighted by molar-refractivity contribution is -0.176. The van der Waals surface area contributed by atoms with Crippen LogP contribution in [0, 0.1) is 0 Å². The minimum absolute atomic E-state index is 0.133. The molecule has 1 fully saturated rings. The zero-order valence-corrected chi connectivity index (χ0v) is 12.1. The number of amides is 3. The van der Waals surface area contributed by atoms with Crippen LogP contribution in [0.5, 0.6) is 0 Å². The van der Waals surface area contributed by atoms with Gasteiger partial charge in [-0.15, -0.1) is 0 Å². The lowest BCUT2D eigenvalue weighted by Crippen LogP contribution is -2.42. The Morgan fingerprint density at radius 1 is 1.26 bits per heavy atom. The summed E-state index contributed by atoms with van der Waals surface area (Å²) in [5, 5.41) is 7.62. The average molecular weight is 331 g/mol. The summed E-state index contributed by atoms with van der Waals surface area (Å²) in [4.78, 5) is 22.7. The molecule has 0 spiro atoms. The van der Waals surface area contributed by atoms with Crippen molar-refractivity contribution in [2.24, 2.45) is 0 Å². The van der Waals surface area contributed by atoms with E-state index in [1.54, 1.807) is 24.3 Å². The van der Waals surface area contributed by atoms with E-state index in [-0.39, 0.29) is 31.6 Å². The molecule has 23 heavy (non-hydrogen) atoms. The molecular weight excluding hydrogens is 315 g/mol. The van der Waals surface area contributed by atoms with Crippen molar-refractivity contribution in [2.75, 3.05) is 13.2 Å². The molecular formula is C14H16F3N3O3. The first-order valence-electron chi connectivity index (χ1n) is 6.88. The highest BCUT2D eigenvalue weighted by Crippen LogP contribution is 2.15. The Bertz CT molecular complexity index is 561. The average Bonchev–Trinajstić information content (AvgIpc) is 2.91. The van der Waals surface area contributed by atoms with E-state index in [9.17, 15) is 22.8 Å². The fraction of sp³-hybridized carbons (Fsp3) is 0.429. The van der Waals surface area contributed by atoms with Crippen LogP contribution in [0.4, 0.5) is 18.0 Å². The second-order valence-electron chi connectivity index (χ2n) is 5.05. The Morgan fingerprint density at radius 3 is 2.48 bits per heavy atom. The number of nitrogens with one attached hydrogen (secondary N) is 3. The molecule has 1 aliphatic heterocycles. The number of urea groups is 1. The van der Waals surface area contributed by atoms with Crippen molar-refractivity contribution >= 4 is 11.9 Å². The number of benzene rings is 1. The predicted octanol–water partition coefficient (Wildman–Crippen LogP) is 1.06. The van der Waals surface area contributed by atoms with Crippen molar-refractivity contribution < 1.29 is 27.5 Å². The van der Waals surface area contributed by atoms with E-state index in [4.69, 9.17) is 0 Å². The third-order valence-corrected chi connectivity index (χ3v) is 3.11. The standard InChI is InChI=1S/C14H16F3N3O3/c15-14(16,17)8-23-7-10-3-1-9(2-4-10)5-18-12(21)11-6-19-13(22)20-11/h1-4,11H,5-8H2,(H,18,21)(H2,19,20,22)/t11-/m0/s1. The molecule has 6 nitrogen and oxygen atoms in total. The Labute approximate surface area is 130 Å². The van der Waals surface area contributed by atoms with Crippen molar-refractivity contribution in [2.45, 2.75) is 25.4 Å². The Hall–Kier alpha value is -2.29. The molecule has 1 aromatic carbocycles. The van der Waals surface area contributed by atoms with Gasteiger partial charge in [0.1, 0.15) is 12.6 Å². The zero-order valence-electron chi connectivity index (χ0n) is 12.1. The maximum absolute atomic E-state index is 12.0. The van der Waals surface area contributed by atoms with Crippen LogP contribution in [0.15, 0.2) is 24.3 Å². The molecule has 3 amide bonds. The quantitative estimate of drug-likeness (QED) is 0.729. The summed E-state index contributed by atoms with van der Waals surface area (Å²) >= 11 is 0. The highest BCUT2D eigenvalue weighted by atomic mass is 19.4. The van der Waals surface area contributed by atoms with E-state index in [1.165, 1.54) is 0 Å². The molecule has 1 aliphatic rings. The van der Waals surface area contributed by atoms with E-state index >= 15 is 0 Å². The fourth-order valence-electron chi connectivity index (χ4n) is 1.96. The van der Waals surface area contributed by atoms with Gasteiger partial charge in [-0.05, 0) is 11.1 Å². The molecule has 0 aromatic heterocycles. The van der Waals surface area contributed by atoms with Gasteiger partial charge < -0.3 is 20.7 Å². The topological polar surface area (TPSA) is 79.5 Å². The summed E-state index contributed by atoms with van der Waals surface area (Å²) in [6.07, 6.45) is -4.34. The molecule has 3 N–H and O–H groups in total.